The minimum absolute atomic E-state index is 0.108. The minimum atomic E-state index is -0.431. The van der Waals surface area contributed by atoms with Gasteiger partial charge in [0, 0.05) is 11.9 Å². The van der Waals surface area contributed by atoms with Crippen molar-refractivity contribution in [2.45, 2.75) is 13.5 Å². The highest BCUT2D eigenvalue weighted by Crippen LogP contribution is 2.03. The van der Waals surface area contributed by atoms with Crippen molar-refractivity contribution in [2.75, 3.05) is 11.9 Å². The molecule has 1 aromatic heterocycles. The number of anilines is 1. The highest BCUT2D eigenvalue weighted by atomic mass is 16.2. The highest BCUT2D eigenvalue weighted by molar-refractivity contribution is 5.94. The summed E-state index contributed by atoms with van der Waals surface area (Å²) in [4.78, 5) is 31.4. The smallest absolute Gasteiger partial charge is 0.315 e. The predicted molar refractivity (Wildman–Crippen MR) is 82.1 cm³/mol. The second-order valence-electron chi connectivity index (χ2n) is 4.55. The summed E-state index contributed by atoms with van der Waals surface area (Å²) in [5, 5.41) is 7.78. The molecule has 0 unspecified atom stereocenters. The Bertz CT molecular complexity index is 645. The van der Waals surface area contributed by atoms with Crippen LogP contribution in [0.25, 0.3) is 0 Å². The van der Waals surface area contributed by atoms with Gasteiger partial charge >= 0.3 is 6.03 Å². The third-order valence-corrected chi connectivity index (χ3v) is 2.73. The van der Waals surface area contributed by atoms with E-state index in [0.29, 0.717) is 17.2 Å². The third kappa shape index (κ3) is 5.20. The number of carbonyl (C=O) groups excluding carboxylic acids is 2. The molecule has 2 rings (SSSR count). The van der Waals surface area contributed by atoms with Crippen molar-refractivity contribution in [3.63, 3.8) is 0 Å². The second kappa shape index (κ2) is 7.72. The average Bonchev–Trinajstić information content (AvgIpc) is 2.52. The fraction of sp³-hybridized carbons (Fsp3) is 0.200. The molecule has 1 heterocycles. The highest BCUT2D eigenvalue weighted by Gasteiger charge is 2.06. The summed E-state index contributed by atoms with van der Waals surface area (Å²) in [6.45, 7) is 1.94. The Morgan fingerprint density at radius 1 is 1.09 bits per heavy atom. The van der Waals surface area contributed by atoms with Crippen LogP contribution in [0.4, 0.5) is 10.5 Å². The van der Waals surface area contributed by atoms with Crippen LogP contribution in [-0.2, 0) is 11.3 Å². The maximum Gasteiger partial charge on any atom is 0.315 e. The predicted octanol–water partition coefficient (Wildman–Crippen LogP) is 1.22. The SMILES string of the molecule is Cc1nccc(CNC(=O)NCC(=O)Nc2ccccc2)n1. The zero-order chi connectivity index (χ0) is 15.8. The maximum absolute atomic E-state index is 11.7. The van der Waals surface area contributed by atoms with Gasteiger partial charge in [-0.05, 0) is 25.1 Å². The van der Waals surface area contributed by atoms with Crippen LogP contribution >= 0.6 is 0 Å². The lowest BCUT2D eigenvalue weighted by molar-refractivity contribution is -0.115. The first-order chi connectivity index (χ1) is 10.6. The van der Waals surface area contributed by atoms with Gasteiger partial charge in [0.2, 0.25) is 5.91 Å². The van der Waals surface area contributed by atoms with E-state index in [2.05, 4.69) is 25.9 Å². The Morgan fingerprint density at radius 2 is 1.86 bits per heavy atom. The number of urea groups is 1. The lowest BCUT2D eigenvalue weighted by Crippen LogP contribution is -2.39. The molecule has 7 nitrogen and oxygen atoms in total. The lowest BCUT2D eigenvalue weighted by Gasteiger charge is -2.08. The van der Waals surface area contributed by atoms with Crippen LogP contribution < -0.4 is 16.0 Å². The number of carbonyl (C=O) groups is 2. The van der Waals surface area contributed by atoms with Crippen LogP contribution in [0.2, 0.25) is 0 Å². The van der Waals surface area contributed by atoms with Gasteiger partial charge in [-0.25, -0.2) is 14.8 Å². The van der Waals surface area contributed by atoms with Crippen molar-refractivity contribution in [1.82, 2.24) is 20.6 Å². The molecule has 0 aliphatic carbocycles. The zero-order valence-electron chi connectivity index (χ0n) is 12.2. The summed E-state index contributed by atoms with van der Waals surface area (Å²) < 4.78 is 0. The number of nitrogens with one attached hydrogen (secondary N) is 3. The molecule has 0 spiro atoms. The van der Waals surface area contributed by atoms with E-state index in [1.54, 1.807) is 31.3 Å². The van der Waals surface area contributed by atoms with Gasteiger partial charge in [0.05, 0.1) is 18.8 Å². The van der Waals surface area contributed by atoms with Crippen molar-refractivity contribution in [3.8, 4) is 0 Å². The van der Waals surface area contributed by atoms with Crippen LogP contribution in [0.5, 0.6) is 0 Å². The Balaban J connectivity index is 1.70. The van der Waals surface area contributed by atoms with Gasteiger partial charge in [-0.1, -0.05) is 18.2 Å². The number of aryl methyl sites for hydroxylation is 1. The molecule has 0 aliphatic rings. The first-order valence-corrected chi connectivity index (χ1v) is 6.78. The number of para-hydroxylation sites is 1. The Labute approximate surface area is 128 Å². The number of benzene rings is 1. The van der Waals surface area contributed by atoms with E-state index in [9.17, 15) is 9.59 Å². The number of nitrogens with zero attached hydrogens (tertiary/aromatic N) is 2. The summed E-state index contributed by atoms with van der Waals surface area (Å²) in [5.41, 5.74) is 1.39. The van der Waals surface area contributed by atoms with E-state index >= 15 is 0 Å². The average molecular weight is 299 g/mol. The maximum atomic E-state index is 11.7. The molecule has 0 bridgehead atoms. The number of hydrogen-bond acceptors (Lipinski definition) is 4. The topological polar surface area (TPSA) is 96.0 Å². The molecule has 0 saturated heterocycles. The standard InChI is InChI=1S/C15H17N5O2/c1-11-16-8-7-13(19-11)9-17-15(22)18-10-14(21)20-12-5-3-2-4-6-12/h2-8H,9-10H2,1H3,(H,20,21)(H2,17,18,22). The van der Waals surface area contributed by atoms with Crippen LogP contribution in [0, 0.1) is 6.92 Å². The summed E-state index contributed by atoms with van der Waals surface area (Å²) in [5.74, 6) is 0.348. The molecular formula is C15H17N5O2. The molecule has 0 aliphatic heterocycles. The van der Waals surface area contributed by atoms with E-state index in [1.165, 1.54) is 0 Å². The van der Waals surface area contributed by atoms with Crippen LogP contribution in [-0.4, -0.2) is 28.5 Å². The molecule has 0 fully saturated rings. The quantitative estimate of drug-likeness (QED) is 0.773. The largest absolute Gasteiger partial charge is 0.332 e. The number of aromatic nitrogens is 2. The van der Waals surface area contributed by atoms with Gasteiger partial charge in [0.25, 0.3) is 0 Å². The van der Waals surface area contributed by atoms with Crippen molar-refractivity contribution >= 4 is 17.6 Å². The van der Waals surface area contributed by atoms with Gasteiger partial charge in [0.1, 0.15) is 5.82 Å². The van der Waals surface area contributed by atoms with E-state index < -0.39 is 6.03 Å². The third-order valence-electron chi connectivity index (χ3n) is 2.73. The van der Waals surface area contributed by atoms with Crippen molar-refractivity contribution in [3.05, 3.63) is 54.1 Å². The van der Waals surface area contributed by atoms with Gasteiger partial charge in [-0.2, -0.15) is 0 Å². The van der Waals surface area contributed by atoms with Crippen molar-refractivity contribution in [1.29, 1.82) is 0 Å². The lowest BCUT2D eigenvalue weighted by atomic mass is 10.3. The summed E-state index contributed by atoms with van der Waals surface area (Å²) in [6.07, 6.45) is 1.63. The van der Waals surface area contributed by atoms with Gasteiger partial charge < -0.3 is 16.0 Å². The number of rotatable bonds is 5. The first-order valence-electron chi connectivity index (χ1n) is 6.78. The molecule has 0 radical (unpaired) electrons. The van der Waals surface area contributed by atoms with Crippen molar-refractivity contribution in [2.24, 2.45) is 0 Å². The monoisotopic (exact) mass is 299 g/mol. The normalized spacial score (nSPS) is 9.86. The molecule has 2 aromatic rings. The van der Waals surface area contributed by atoms with E-state index in [-0.39, 0.29) is 19.0 Å². The van der Waals surface area contributed by atoms with E-state index in [0.717, 1.165) is 0 Å². The summed E-state index contributed by atoms with van der Waals surface area (Å²) in [6, 6.07) is 10.3. The van der Waals surface area contributed by atoms with Crippen LogP contribution in [0.15, 0.2) is 42.6 Å². The molecular weight excluding hydrogens is 282 g/mol. The fourth-order valence-corrected chi connectivity index (χ4v) is 1.72. The van der Waals surface area contributed by atoms with Crippen LogP contribution in [0.1, 0.15) is 11.5 Å². The Morgan fingerprint density at radius 3 is 2.59 bits per heavy atom. The molecule has 22 heavy (non-hydrogen) atoms. The zero-order valence-corrected chi connectivity index (χ0v) is 12.2. The molecule has 0 atom stereocenters. The van der Waals surface area contributed by atoms with Gasteiger partial charge in [0.15, 0.2) is 0 Å². The summed E-state index contributed by atoms with van der Waals surface area (Å²) in [7, 11) is 0. The Kier molecular flexibility index (Phi) is 5.42. The molecule has 114 valence electrons. The number of hydrogen-bond donors (Lipinski definition) is 3. The Hall–Kier alpha value is -2.96. The number of amides is 3. The molecule has 3 amide bonds. The van der Waals surface area contributed by atoms with Gasteiger partial charge in [-0.15, -0.1) is 0 Å². The van der Waals surface area contributed by atoms with Gasteiger partial charge in [-0.3, -0.25) is 4.79 Å². The fourth-order valence-electron chi connectivity index (χ4n) is 1.72. The minimum Gasteiger partial charge on any atom is -0.332 e. The first kappa shape index (κ1) is 15.4. The summed E-state index contributed by atoms with van der Waals surface area (Å²) >= 11 is 0. The van der Waals surface area contributed by atoms with E-state index in [1.807, 2.05) is 18.2 Å². The molecule has 1 aromatic carbocycles. The van der Waals surface area contributed by atoms with Crippen LogP contribution in [0.3, 0.4) is 0 Å². The van der Waals surface area contributed by atoms with E-state index in [4.69, 9.17) is 0 Å². The second-order valence-corrected chi connectivity index (χ2v) is 4.55. The molecule has 3 N–H and O–H groups in total. The molecule has 0 saturated carbocycles. The van der Waals surface area contributed by atoms with Crippen molar-refractivity contribution < 1.29 is 9.59 Å². The molecule has 7 heteroatoms.